The third kappa shape index (κ3) is 6.62. The van der Waals surface area contributed by atoms with E-state index < -0.39 is 11.4 Å². The van der Waals surface area contributed by atoms with Gasteiger partial charge < -0.3 is 19.7 Å². The van der Waals surface area contributed by atoms with Crippen molar-refractivity contribution in [2.24, 2.45) is 0 Å². The summed E-state index contributed by atoms with van der Waals surface area (Å²) in [7, 11) is 3.05. The van der Waals surface area contributed by atoms with Crippen molar-refractivity contribution in [2.75, 3.05) is 58.8 Å². The first kappa shape index (κ1) is 30.3. The zero-order valence-corrected chi connectivity index (χ0v) is 24.5. The number of hydrogen-bond donors (Lipinski definition) is 1. The van der Waals surface area contributed by atoms with Gasteiger partial charge in [-0.1, -0.05) is 31.5 Å². The minimum absolute atomic E-state index is 0.00195. The van der Waals surface area contributed by atoms with Crippen molar-refractivity contribution in [3.05, 3.63) is 52.2 Å². The highest BCUT2D eigenvalue weighted by molar-refractivity contribution is 6.35. The van der Waals surface area contributed by atoms with Gasteiger partial charge in [0.05, 0.1) is 24.3 Å². The first-order valence-electron chi connectivity index (χ1n) is 13.7. The maximum Gasteiger partial charge on any atom is 0.260 e. The third-order valence-electron chi connectivity index (χ3n) is 7.14. The number of nitrogens with one attached hydrogen (secondary N) is 1. The quantitative estimate of drug-likeness (QED) is 0.249. The average molecular weight is 587 g/mol. The van der Waals surface area contributed by atoms with Crippen molar-refractivity contribution < 1.29 is 18.7 Å². The van der Waals surface area contributed by atoms with Crippen molar-refractivity contribution in [3.63, 3.8) is 0 Å². The van der Waals surface area contributed by atoms with Crippen LogP contribution in [0.5, 0.6) is 11.5 Å². The highest BCUT2D eigenvalue weighted by Crippen LogP contribution is 2.42. The van der Waals surface area contributed by atoms with E-state index in [0.717, 1.165) is 25.9 Å². The Morgan fingerprint density at radius 2 is 1.95 bits per heavy atom. The number of carbonyl (C=O) groups is 1. The number of aryl methyl sites for hydroxylation is 1. The minimum Gasteiger partial charge on any atom is -0.494 e. The van der Waals surface area contributed by atoms with Crippen LogP contribution in [0.2, 0.25) is 5.02 Å². The summed E-state index contributed by atoms with van der Waals surface area (Å²) in [4.78, 5) is 38.7. The number of aromatic nitrogens is 3. The Bertz CT molecular complexity index is 1470. The summed E-state index contributed by atoms with van der Waals surface area (Å²) in [5, 5.41) is 3.46. The number of piperazine rings is 1. The molecule has 0 aliphatic carbocycles. The van der Waals surface area contributed by atoms with Crippen LogP contribution < -0.4 is 20.3 Å². The van der Waals surface area contributed by atoms with E-state index >= 15 is 4.39 Å². The van der Waals surface area contributed by atoms with E-state index in [9.17, 15) is 9.59 Å². The molecule has 1 aromatic carbocycles. The van der Waals surface area contributed by atoms with Gasteiger partial charge in [-0.25, -0.2) is 9.37 Å². The smallest absolute Gasteiger partial charge is 0.260 e. The number of amides is 1. The zero-order chi connectivity index (χ0) is 29.5. The summed E-state index contributed by atoms with van der Waals surface area (Å²) >= 11 is 6.68. The molecule has 1 saturated heterocycles. The second-order valence-corrected chi connectivity index (χ2v) is 10.1. The number of fused-ring (bicyclic) bond motifs is 1. The largest absolute Gasteiger partial charge is 0.494 e. The predicted molar refractivity (Wildman–Crippen MR) is 159 cm³/mol. The van der Waals surface area contributed by atoms with E-state index in [1.165, 1.54) is 23.8 Å². The summed E-state index contributed by atoms with van der Waals surface area (Å²) in [6.45, 7) is 9.73. The van der Waals surface area contributed by atoms with E-state index in [1.807, 2.05) is 6.92 Å². The van der Waals surface area contributed by atoms with Crippen molar-refractivity contribution >= 4 is 34.5 Å². The molecule has 1 aliphatic heterocycles. The number of unbranched alkanes of at least 4 members (excludes halogenated alkanes) is 1. The Hall–Kier alpha value is -3.70. The number of nitrogens with zero attached hydrogens (tertiary/aromatic N) is 5. The molecule has 1 aliphatic rings. The number of benzene rings is 1. The molecule has 220 valence electrons. The SMILES string of the molecule is C=CC(=O)N1CCN(CCCn2c(=O)c(-c3c(F)c(OC)cc(OCCCC)c3Cl)cc3cnc(NC)nc32)CC1. The van der Waals surface area contributed by atoms with Crippen LogP contribution in [0, 0.1) is 5.82 Å². The van der Waals surface area contributed by atoms with Crippen molar-refractivity contribution in [3.8, 4) is 22.6 Å². The molecule has 3 heterocycles. The molecule has 3 aromatic rings. The lowest BCUT2D eigenvalue weighted by molar-refractivity contribution is -0.127. The average Bonchev–Trinajstić information content (AvgIpc) is 2.99. The van der Waals surface area contributed by atoms with Crippen molar-refractivity contribution in [1.29, 1.82) is 0 Å². The fourth-order valence-electron chi connectivity index (χ4n) is 4.84. The molecule has 41 heavy (non-hydrogen) atoms. The molecule has 12 heteroatoms. The van der Waals surface area contributed by atoms with Crippen LogP contribution in [0.1, 0.15) is 26.2 Å². The van der Waals surface area contributed by atoms with Gasteiger partial charge in [0.1, 0.15) is 11.4 Å². The maximum atomic E-state index is 15.7. The summed E-state index contributed by atoms with van der Waals surface area (Å²) in [6, 6.07) is 2.96. The van der Waals surface area contributed by atoms with Crippen LogP contribution >= 0.6 is 11.6 Å². The van der Waals surface area contributed by atoms with E-state index in [0.29, 0.717) is 56.2 Å². The summed E-state index contributed by atoms with van der Waals surface area (Å²) in [5.41, 5.74) is -0.0259. The molecule has 1 amide bonds. The Morgan fingerprint density at radius 1 is 1.20 bits per heavy atom. The minimum atomic E-state index is -0.747. The van der Waals surface area contributed by atoms with Gasteiger partial charge >= 0.3 is 0 Å². The summed E-state index contributed by atoms with van der Waals surface area (Å²) in [5.74, 6) is -0.281. The van der Waals surface area contributed by atoms with Crippen LogP contribution in [0.3, 0.4) is 0 Å². The zero-order valence-electron chi connectivity index (χ0n) is 23.7. The van der Waals surface area contributed by atoms with Gasteiger partial charge in [0, 0.05) is 63.0 Å². The van der Waals surface area contributed by atoms with E-state index in [1.54, 1.807) is 24.2 Å². The molecule has 0 saturated carbocycles. The lowest BCUT2D eigenvalue weighted by atomic mass is 10.0. The van der Waals surface area contributed by atoms with Gasteiger partial charge in [0.25, 0.3) is 5.56 Å². The van der Waals surface area contributed by atoms with Crippen molar-refractivity contribution in [2.45, 2.75) is 32.7 Å². The van der Waals surface area contributed by atoms with E-state index in [-0.39, 0.29) is 33.6 Å². The molecular formula is C29H36ClFN6O4. The number of hydrogen-bond acceptors (Lipinski definition) is 8. The maximum absolute atomic E-state index is 15.7. The van der Waals surface area contributed by atoms with Crippen LogP contribution in [-0.2, 0) is 11.3 Å². The van der Waals surface area contributed by atoms with Gasteiger partial charge in [-0.2, -0.15) is 4.98 Å². The van der Waals surface area contributed by atoms with Gasteiger partial charge in [-0.3, -0.25) is 19.1 Å². The Kier molecular flexibility index (Phi) is 10.2. The number of rotatable bonds is 12. The predicted octanol–water partition coefficient (Wildman–Crippen LogP) is 4.20. The van der Waals surface area contributed by atoms with Gasteiger partial charge in [-0.15, -0.1) is 0 Å². The molecule has 1 N–H and O–H groups in total. The van der Waals surface area contributed by atoms with Crippen LogP contribution in [0.15, 0.2) is 35.8 Å². The number of carbonyl (C=O) groups excluding carboxylic acids is 1. The molecule has 0 spiro atoms. The molecule has 0 radical (unpaired) electrons. The first-order valence-corrected chi connectivity index (χ1v) is 14.1. The first-order chi connectivity index (χ1) is 19.8. The molecule has 0 unspecified atom stereocenters. The molecule has 1 fully saturated rings. The molecule has 0 bridgehead atoms. The lowest BCUT2D eigenvalue weighted by Crippen LogP contribution is -2.48. The molecule has 0 atom stereocenters. The summed E-state index contributed by atoms with van der Waals surface area (Å²) in [6.07, 6.45) is 5.26. The number of anilines is 1. The third-order valence-corrected chi connectivity index (χ3v) is 7.52. The number of pyridine rings is 1. The second kappa shape index (κ2) is 13.8. The number of halogens is 2. The van der Waals surface area contributed by atoms with Crippen LogP contribution in [0.4, 0.5) is 10.3 Å². The van der Waals surface area contributed by atoms with E-state index in [2.05, 4.69) is 26.8 Å². The highest BCUT2D eigenvalue weighted by atomic mass is 35.5. The monoisotopic (exact) mass is 586 g/mol. The summed E-state index contributed by atoms with van der Waals surface area (Å²) < 4.78 is 28.4. The van der Waals surface area contributed by atoms with Crippen LogP contribution in [0.25, 0.3) is 22.2 Å². The number of methoxy groups -OCH3 is 1. The molecule has 10 nitrogen and oxygen atoms in total. The van der Waals surface area contributed by atoms with Gasteiger partial charge in [0.2, 0.25) is 11.9 Å². The van der Waals surface area contributed by atoms with Crippen molar-refractivity contribution in [1.82, 2.24) is 24.3 Å². The highest BCUT2D eigenvalue weighted by Gasteiger charge is 2.25. The molecular weight excluding hydrogens is 551 g/mol. The Morgan fingerprint density at radius 3 is 2.61 bits per heavy atom. The fourth-order valence-corrected chi connectivity index (χ4v) is 5.14. The lowest BCUT2D eigenvalue weighted by Gasteiger charge is -2.34. The molecule has 2 aromatic heterocycles. The van der Waals surface area contributed by atoms with Gasteiger partial charge in [-0.05, 0) is 31.5 Å². The standard InChI is InChI=1S/C29H36ClFN6O4/c1-5-7-15-41-21-17-22(40-4)26(31)24(25(21)30)20-16-19-18-33-29(32-3)34-27(19)37(28(20)39)10-8-9-35-11-13-36(14-12-35)23(38)6-2/h6,16-18H,2,5,7-15H2,1,3-4H3,(H,32,33,34). The normalized spacial score (nSPS) is 13.8. The molecule has 4 rings (SSSR count). The van der Waals surface area contributed by atoms with Gasteiger partial charge in [0.15, 0.2) is 11.6 Å². The van der Waals surface area contributed by atoms with E-state index in [4.69, 9.17) is 21.1 Å². The second-order valence-electron chi connectivity index (χ2n) is 9.74. The Balaban J connectivity index is 1.70. The van der Waals surface area contributed by atoms with Crippen LogP contribution in [-0.4, -0.2) is 83.7 Å². The fraction of sp³-hybridized carbons (Fsp3) is 0.448. The topological polar surface area (TPSA) is 102 Å². The Labute approximate surface area is 243 Å². The number of ether oxygens (including phenoxy) is 2.